The van der Waals surface area contributed by atoms with Crippen molar-refractivity contribution in [1.29, 1.82) is 0 Å². The summed E-state index contributed by atoms with van der Waals surface area (Å²) in [6, 6.07) is 19.9. The van der Waals surface area contributed by atoms with E-state index in [-0.39, 0.29) is 28.8 Å². The minimum Gasteiger partial charge on any atom is -0.508 e. The second-order valence-corrected chi connectivity index (χ2v) is 8.65. The third kappa shape index (κ3) is 2.62. The van der Waals surface area contributed by atoms with Crippen molar-refractivity contribution in [2.45, 2.75) is 26.2 Å². The maximum absolute atomic E-state index is 13.3. The van der Waals surface area contributed by atoms with Gasteiger partial charge in [-0.05, 0) is 45.5 Å². The maximum Gasteiger partial charge on any atom is 0.143 e. The fourth-order valence-corrected chi connectivity index (χ4v) is 4.91. The van der Waals surface area contributed by atoms with Gasteiger partial charge >= 0.3 is 0 Å². The second-order valence-electron chi connectivity index (χ2n) is 8.65. The molecule has 3 aromatic rings. The number of phenolic OH excluding ortho intramolecular Hbond substituents is 1. The first-order valence-electron chi connectivity index (χ1n) is 9.76. The summed E-state index contributed by atoms with van der Waals surface area (Å²) in [7, 11) is 0. The minimum atomic E-state index is -0.256. The molecule has 0 unspecified atom stereocenters. The lowest BCUT2D eigenvalue weighted by Crippen LogP contribution is -2.39. The van der Waals surface area contributed by atoms with Crippen molar-refractivity contribution in [1.82, 2.24) is 0 Å². The smallest absolute Gasteiger partial charge is 0.143 e. The number of phenols is 1. The number of ketones is 1. The average Bonchev–Trinajstić information content (AvgIpc) is 2.65. The van der Waals surface area contributed by atoms with Crippen LogP contribution in [0.4, 0.5) is 5.69 Å². The molecule has 0 amide bonds. The van der Waals surface area contributed by atoms with Crippen LogP contribution in [0.1, 0.15) is 37.3 Å². The number of carbonyl (C=O) groups is 1. The minimum absolute atomic E-state index is 0.121. The molecule has 0 aromatic heterocycles. The highest BCUT2D eigenvalue weighted by Gasteiger charge is 2.44. The van der Waals surface area contributed by atoms with Crippen molar-refractivity contribution in [2.75, 3.05) is 5.32 Å². The van der Waals surface area contributed by atoms with E-state index in [0.717, 1.165) is 33.3 Å². The van der Waals surface area contributed by atoms with Gasteiger partial charge in [0, 0.05) is 23.7 Å². The zero-order valence-corrected chi connectivity index (χ0v) is 16.1. The van der Waals surface area contributed by atoms with E-state index in [0.29, 0.717) is 6.42 Å². The molecule has 0 saturated carbocycles. The van der Waals surface area contributed by atoms with E-state index in [4.69, 9.17) is 0 Å². The van der Waals surface area contributed by atoms with Gasteiger partial charge in [0.2, 0.25) is 0 Å². The van der Waals surface area contributed by atoms with E-state index in [1.807, 2.05) is 24.3 Å². The molecule has 1 aliphatic carbocycles. The molecule has 0 spiro atoms. The topological polar surface area (TPSA) is 49.3 Å². The lowest BCUT2D eigenvalue weighted by molar-refractivity contribution is -0.124. The van der Waals surface area contributed by atoms with Crippen LogP contribution in [0.5, 0.6) is 5.75 Å². The first-order chi connectivity index (χ1) is 13.4. The number of anilines is 1. The van der Waals surface area contributed by atoms with Gasteiger partial charge in [-0.1, -0.05) is 62.4 Å². The Hall–Kier alpha value is -3.07. The fraction of sp³-hybridized carbons (Fsp3) is 0.240. The van der Waals surface area contributed by atoms with E-state index >= 15 is 0 Å². The molecule has 3 nitrogen and oxygen atoms in total. The van der Waals surface area contributed by atoms with Crippen LogP contribution in [0, 0.1) is 11.3 Å². The lowest BCUT2D eigenvalue weighted by Gasteiger charge is -2.42. The van der Waals surface area contributed by atoms with Crippen molar-refractivity contribution >= 4 is 22.2 Å². The van der Waals surface area contributed by atoms with Crippen LogP contribution < -0.4 is 5.32 Å². The molecule has 1 aliphatic heterocycles. The van der Waals surface area contributed by atoms with Crippen LogP contribution in [0.15, 0.2) is 72.4 Å². The molecule has 3 aromatic carbocycles. The summed E-state index contributed by atoms with van der Waals surface area (Å²) in [5, 5.41) is 16.0. The summed E-state index contributed by atoms with van der Waals surface area (Å²) in [6.45, 7) is 4.21. The zero-order valence-electron chi connectivity index (χ0n) is 16.1. The normalized spacial score (nSPS) is 22.8. The van der Waals surface area contributed by atoms with Crippen molar-refractivity contribution in [3.05, 3.63) is 83.6 Å². The molecular weight excluding hydrogens is 346 g/mol. The summed E-state index contributed by atoms with van der Waals surface area (Å²) in [6.07, 6.45) is 2.74. The lowest BCUT2D eigenvalue weighted by atomic mass is 9.66. The predicted octanol–water partition coefficient (Wildman–Crippen LogP) is 5.60. The van der Waals surface area contributed by atoms with Gasteiger partial charge in [0.15, 0.2) is 0 Å². The first-order valence-corrected chi connectivity index (χ1v) is 9.76. The van der Waals surface area contributed by atoms with Crippen LogP contribution in [0.3, 0.4) is 0 Å². The number of Topliss-reactive ketones (excluding diaryl/α,β-unsaturated/α-hetero) is 1. The molecule has 2 N–H and O–H groups in total. The molecule has 1 heterocycles. The number of fused-ring (bicyclic) bond motifs is 4. The van der Waals surface area contributed by atoms with E-state index in [2.05, 4.69) is 49.5 Å². The van der Waals surface area contributed by atoms with E-state index in [9.17, 15) is 9.90 Å². The Morgan fingerprint density at radius 1 is 1.00 bits per heavy atom. The predicted molar refractivity (Wildman–Crippen MR) is 112 cm³/mol. The van der Waals surface area contributed by atoms with Gasteiger partial charge in [0.05, 0.1) is 5.92 Å². The number of rotatable bonds is 1. The molecule has 0 bridgehead atoms. The van der Waals surface area contributed by atoms with Crippen molar-refractivity contribution in [2.24, 2.45) is 11.3 Å². The monoisotopic (exact) mass is 369 g/mol. The van der Waals surface area contributed by atoms with Gasteiger partial charge in [-0.25, -0.2) is 0 Å². The van der Waals surface area contributed by atoms with Crippen LogP contribution in [0.2, 0.25) is 0 Å². The molecule has 3 heteroatoms. The summed E-state index contributed by atoms with van der Waals surface area (Å²) in [5.74, 6) is 0.103. The van der Waals surface area contributed by atoms with E-state index in [1.54, 1.807) is 12.1 Å². The number of aromatic hydroxyl groups is 1. The summed E-state index contributed by atoms with van der Waals surface area (Å²) in [4.78, 5) is 13.3. The third-order valence-corrected chi connectivity index (χ3v) is 5.98. The van der Waals surface area contributed by atoms with Gasteiger partial charge in [-0.3, -0.25) is 4.79 Å². The number of nitrogens with one attached hydrogen (secondary N) is 1. The Bertz CT molecular complexity index is 1140. The fourth-order valence-electron chi connectivity index (χ4n) is 4.91. The number of benzene rings is 3. The van der Waals surface area contributed by atoms with Gasteiger partial charge < -0.3 is 10.4 Å². The molecule has 0 saturated heterocycles. The molecule has 2 atom stereocenters. The molecular formula is C25H23NO2. The third-order valence-electron chi connectivity index (χ3n) is 5.98. The van der Waals surface area contributed by atoms with Gasteiger partial charge in [-0.15, -0.1) is 0 Å². The zero-order chi connectivity index (χ0) is 19.5. The Balaban J connectivity index is 1.83. The SMILES string of the molecule is CC1(C)C=C2Nc3ccc4ccccc4c3[C@H](c3cccc(O)c3)[C@H]2C(=O)C1. The Morgan fingerprint density at radius 2 is 1.82 bits per heavy atom. The first kappa shape index (κ1) is 17.1. The van der Waals surface area contributed by atoms with Crippen molar-refractivity contribution in [3.63, 3.8) is 0 Å². The molecule has 140 valence electrons. The van der Waals surface area contributed by atoms with Crippen LogP contribution >= 0.6 is 0 Å². The van der Waals surface area contributed by atoms with Gasteiger partial charge in [0.1, 0.15) is 11.5 Å². The van der Waals surface area contributed by atoms with Crippen LogP contribution in [0.25, 0.3) is 10.8 Å². The van der Waals surface area contributed by atoms with Crippen molar-refractivity contribution in [3.8, 4) is 5.75 Å². The maximum atomic E-state index is 13.3. The molecule has 28 heavy (non-hydrogen) atoms. The molecule has 0 radical (unpaired) electrons. The van der Waals surface area contributed by atoms with Crippen LogP contribution in [-0.2, 0) is 4.79 Å². The molecule has 2 aliphatic rings. The Morgan fingerprint density at radius 3 is 2.64 bits per heavy atom. The number of hydrogen-bond donors (Lipinski definition) is 2. The highest BCUT2D eigenvalue weighted by Crippen LogP contribution is 2.51. The number of hydrogen-bond acceptors (Lipinski definition) is 3. The quantitative estimate of drug-likeness (QED) is 0.587. The number of carbonyl (C=O) groups excluding carboxylic acids is 1. The highest BCUT2D eigenvalue weighted by molar-refractivity contribution is 5.97. The van der Waals surface area contributed by atoms with Gasteiger partial charge in [-0.2, -0.15) is 0 Å². The average molecular weight is 369 g/mol. The highest BCUT2D eigenvalue weighted by atomic mass is 16.3. The largest absolute Gasteiger partial charge is 0.508 e. The number of allylic oxidation sites excluding steroid dienone is 2. The summed E-state index contributed by atoms with van der Waals surface area (Å²) in [5.41, 5.74) is 3.98. The second kappa shape index (κ2) is 5.96. The summed E-state index contributed by atoms with van der Waals surface area (Å²) >= 11 is 0. The molecule has 5 rings (SSSR count). The van der Waals surface area contributed by atoms with E-state index in [1.165, 1.54) is 0 Å². The Kier molecular flexibility index (Phi) is 3.63. The molecule has 0 fully saturated rings. The standard InChI is InChI=1S/C25H23NO2/c1-25(2)13-20-24(21(28)14-25)22(16-7-5-8-17(27)12-16)23-18-9-4-3-6-15(18)10-11-19(23)26-20/h3-13,22,24,26-27H,14H2,1-2H3/t22-,24+/m0/s1. The van der Waals surface area contributed by atoms with E-state index < -0.39 is 0 Å². The Labute approximate surface area is 164 Å². The van der Waals surface area contributed by atoms with Crippen molar-refractivity contribution < 1.29 is 9.90 Å². The van der Waals surface area contributed by atoms with Gasteiger partial charge in [0.25, 0.3) is 0 Å². The van der Waals surface area contributed by atoms with Crippen LogP contribution in [-0.4, -0.2) is 10.9 Å². The summed E-state index contributed by atoms with van der Waals surface area (Å²) < 4.78 is 0.